The fourth-order valence-corrected chi connectivity index (χ4v) is 4.27. The van der Waals surface area contributed by atoms with Gasteiger partial charge in [0.25, 0.3) is 0 Å². The Labute approximate surface area is 186 Å². The molecular formula is C24H33N3O3S. The number of hydrogen-bond acceptors (Lipinski definition) is 4. The molecular weight excluding hydrogens is 410 g/mol. The Morgan fingerprint density at radius 2 is 1.81 bits per heavy atom. The van der Waals surface area contributed by atoms with Crippen LogP contribution in [0.1, 0.15) is 49.3 Å². The van der Waals surface area contributed by atoms with E-state index in [1.54, 1.807) is 24.3 Å². The van der Waals surface area contributed by atoms with E-state index < -0.39 is 9.84 Å². The molecule has 0 bridgehead atoms. The number of aliphatic imine (C=N–C) groups is 1. The van der Waals surface area contributed by atoms with Crippen molar-refractivity contribution in [2.24, 2.45) is 4.99 Å². The standard InChI is InChI=1S/C24H33N3O3S/c1-4-25-24(26-16-19-10-13-22(14-11-19)31(3,28)29)27-17-20-12-9-18(2)15-23(20)30-21-7-5-6-8-21/h9-15,21H,4-8,16-17H2,1-3H3,(H2,25,26,27). The van der Waals surface area contributed by atoms with Gasteiger partial charge in [0.15, 0.2) is 15.8 Å². The van der Waals surface area contributed by atoms with Crippen LogP contribution < -0.4 is 15.4 Å². The summed E-state index contributed by atoms with van der Waals surface area (Å²) in [5, 5.41) is 6.66. The van der Waals surface area contributed by atoms with Crippen LogP contribution in [0.3, 0.4) is 0 Å². The Hall–Kier alpha value is -2.54. The van der Waals surface area contributed by atoms with Crippen LogP contribution in [0.5, 0.6) is 5.75 Å². The molecule has 0 unspecified atom stereocenters. The summed E-state index contributed by atoms with van der Waals surface area (Å²) >= 11 is 0. The van der Waals surface area contributed by atoms with Crippen LogP contribution in [-0.2, 0) is 22.9 Å². The van der Waals surface area contributed by atoms with Crippen molar-refractivity contribution < 1.29 is 13.2 Å². The van der Waals surface area contributed by atoms with Gasteiger partial charge >= 0.3 is 0 Å². The Morgan fingerprint density at radius 3 is 2.45 bits per heavy atom. The first-order chi connectivity index (χ1) is 14.8. The normalized spacial score (nSPS) is 15.1. The summed E-state index contributed by atoms with van der Waals surface area (Å²) in [5.74, 6) is 1.66. The monoisotopic (exact) mass is 443 g/mol. The lowest BCUT2D eigenvalue weighted by atomic mass is 10.1. The Kier molecular flexibility index (Phi) is 7.96. The third-order valence-corrected chi connectivity index (χ3v) is 6.51. The maximum absolute atomic E-state index is 11.6. The first-order valence-electron chi connectivity index (χ1n) is 10.9. The second-order valence-corrected chi connectivity index (χ2v) is 10.1. The minimum Gasteiger partial charge on any atom is -0.490 e. The summed E-state index contributed by atoms with van der Waals surface area (Å²) in [7, 11) is -3.19. The van der Waals surface area contributed by atoms with Gasteiger partial charge in [-0.3, -0.25) is 0 Å². The van der Waals surface area contributed by atoms with Crippen molar-refractivity contribution in [2.75, 3.05) is 12.8 Å². The van der Waals surface area contributed by atoms with E-state index in [0.717, 1.165) is 36.3 Å². The van der Waals surface area contributed by atoms with Gasteiger partial charge in [-0.1, -0.05) is 24.3 Å². The van der Waals surface area contributed by atoms with E-state index in [2.05, 4.69) is 40.7 Å². The predicted molar refractivity (Wildman–Crippen MR) is 125 cm³/mol. The first kappa shape index (κ1) is 23.1. The van der Waals surface area contributed by atoms with Gasteiger partial charge < -0.3 is 15.4 Å². The Morgan fingerprint density at radius 1 is 1.10 bits per heavy atom. The SMILES string of the molecule is CCNC(=NCc1ccc(S(C)(=O)=O)cc1)NCc1ccc(C)cc1OC1CCCC1. The molecule has 1 fully saturated rings. The second kappa shape index (κ2) is 10.7. The molecule has 6 nitrogen and oxygen atoms in total. The van der Waals surface area contributed by atoms with E-state index in [9.17, 15) is 8.42 Å². The average Bonchev–Trinajstić information content (AvgIpc) is 3.24. The molecule has 2 aromatic rings. The number of nitrogens with zero attached hydrogens (tertiary/aromatic N) is 1. The Balaban J connectivity index is 1.66. The largest absolute Gasteiger partial charge is 0.490 e. The molecule has 2 N–H and O–H groups in total. The lowest BCUT2D eigenvalue weighted by Crippen LogP contribution is -2.37. The quantitative estimate of drug-likeness (QED) is 0.477. The number of benzene rings is 2. The molecule has 7 heteroatoms. The Bertz CT molecular complexity index is 995. The van der Waals surface area contributed by atoms with Gasteiger partial charge in [0.05, 0.1) is 17.5 Å². The highest BCUT2D eigenvalue weighted by Crippen LogP contribution is 2.27. The molecule has 3 rings (SSSR count). The maximum Gasteiger partial charge on any atom is 0.191 e. The summed E-state index contributed by atoms with van der Waals surface area (Å²) in [6.07, 6.45) is 6.27. The van der Waals surface area contributed by atoms with Gasteiger partial charge in [-0.25, -0.2) is 13.4 Å². The van der Waals surface area contributed by atoms with Crippen LogP contribution in [0.25, 0.3) is 0 Å². The number of hydrogen-bond donors (Lipinski definition) is 2. The molecule has 1 saturated carbocycles. The summed E-state index contributed by atoms with van der Waals surface area (Å²) in [4.78, 5) is 4.96. The number of rotatable bonds is 8. The average molecular weight is 444 g/mol. The summed E-state index contributed by atoms with van der Waals surface area (Å²) in [6, 6.07) is 13.2. The zero-order valence-corrected chi connectivity index (χ0v) is 19.5. The molecule has 0 aromatic heterocycles. The summed E-state index contributed by atoms with van der Waals surface area (Å²) in [6.45, 7) is 5.93. The van der Waals surface area contributed by atoms with Gasteiger partial charge in [-0.2, -0.15) is 0 Å². The highest BCUT2D eigenvalue weighted by molar-refractivity contribution is 7.90. The van der Waals surface area contributed by atoms with E-state index >= 15 is 0 Å². The summed E-state index contributed by atoms with van der Waals surface area (Å²) in [5.41, 5.74) is 3.25. The molecule has 0 heterocycles. The highest BCUT2D eigenvalue weighted by Gasteiger charge is 2.18. The van der Waals surface area contributed by atoms with E-state index in [4.69, 9.17) is 4.74 Å². The zero-order chi connectivity index (χ0) is 22.3. The number of nitrogens with one attached hydrogen (secondary N) is 2. The molecule has 0 saturated heterocycles. The van der Waals surface area contributed by atoms with Gasteiger partial charge in [-0.05, 0) is 68.9 Å². The van der Waals surface area contributed by atoms with Crippen molar-refractivity contribution in [1.29, 1.82) is 0 Å². The second-order valence-electron chi connectivity index (χ2n) is 8.10. The number of ether oxygens (including phenoxy) is 1. The van der Waals surface area contributed by atoms with Crippen LogP contribution in [0.2, 0.25) is 0 Å². The third-order valence-electron chi connectivity index (χ3n) is 5.38. The van der Waals surface area contributed by atoms with Gasteiger partial charge in [0.1, 0.15) is 5.75 Å². The van der Waals surface area contributed by atoms with Gasteiger partial charge in [0, 0.05) is 24.9 Å². The van der Waals surface area contributed by atoms with Crippen molar-refractivity contribution in [3.05, 3.63) is 59.2 Å². The topological polar surface area (TPSA) is 79.8 Å². The summed E-state index contributed by atoms with van der Waals surface area (Å²) < 4.78 is 29.5. The fourth-order valence-electron chi connectivity index (χ4n) is 3.64. The van der Waals surface area contributed by atoms with Crippen LogP contribution in [-0.4, -0.2) is 33.3 Å². The molecule has 0 radical (unpaired) electrons. The van der Waals surface area contributed by atoms with E-state index in [1.165, 1.54) is 24.7 Å². The molecule has 168 valence electrons. The number of guanidine groups is 1. The van der Waals surface area contributed by atoms with E-state index in [0.29, 0.717) is 30.0 Å². The minimum atomic E-state index is -3.19. The third kappa shape index (κ3) is 6.99. The zero-order valence-electron chi connectivity index (χ0n) is 18.6. The lowest BCUT2D eigenvalue weighted by molar-refractivity contribution is 0.207. The fraction of sp³-hybridized carbons (Fsp3) is 0.458. The molecule has 1 aliphatic carbocycles. The predicted octanol–water partition coefficient (Wildman–Crippen LogP) is 3.98. The van der Waals surface area contributed by atoms with Crippen molar-refractivity contribution in [1.82, 2.24) is 10.6 Å². The molecule has 0 atom stereocenters. The van der Waals surface area contributed by atoms with Crippen LogP contribution >= 0.6 is 0 Å². The van der Waals surface area contributed by atoms with Crippen molar-refractivity contribution in [2.45, 2.75) is 63.6 Å². The van der Waals surface area contributed by atoms with E-state index in [-0.39, 0.29) is 0 Å². The maximum atomic E-state index is 11.6. The van der Waals surface area contributed by atoms with Crippen molar-refractivity contribution in [3.63, 3.8) is 0 Å². The van der Waals surface area contributed by atoms with Gasteiger partial charge in [-0.15, -0.1) is 0 Å². The number of aryl methyl sites for hydroxylation is 1. The highest BCUT2D eigenvalue weighted by atomic mass is 32.2. The molecule has 0 aliphatic heterocycles. The van der Waals surface area contributed by atoms with Crippen molar-refractivity contribution in [3.8, 4) is 5.75 Å². The van der Waals surface area contributed by atoms with Crippen molar-refractivity contribution >= 4 is 15.8 Å². The van der Waals surface area contributed by atoms with E-state index in [1.807, 2.05) is 6.92 Å². The number of sulfone groups is 1. The van der Waals surface area contributed by atoms with Crippen LogP contribution in [0, 0.1) is 6.92 Å². The van der Waals surface area contributed by atoms with Crippen LogP contribution in [0.4, 0.5) is 0 Å². The molecule has 0 spiro atoms. The molecule has 31 heavy (non-hydrogen) atoms. The van der Waals surface area contributed by atoms with Crippen LogP contribution in [0.15, 0.2) is 52.4 Å². The lowest BCUT2D eigenvalue weighted by Gasteiger charge is -2.18. The molecule has 0 amide bonds. The molecule has 2 aromatic carbocycles. The molecule has 1 aliphatic rings. The smallest absolute Gasteiger partial charge is 0.191 e. The first-order valence-corrected chi connectivity index (χ1v) is 12.8. The van der Waals surface area contributed by atoms with Gasteiger partial charge in [0.2, 0.25) is 0 Å². The minimum absolute atomic E-state index is 0.317.